The van der Waals surface area contributed by atoms with Crippen molar-refractivity contribution in [3.8, 4) is 23.2 Å². The number of nitrogens with zero attached hydrogens (tertiary/aromatic N) is 1. The van der Waals surface area contributed by atoms with Gasteiger partial charge in [-0.25, -0.2) is 4.98 Å². The molecule has 0 saturated heterocycles. The summed E-state index contributed by atoms with van der Waals surface area (Å²) in [5.74, 6) is 8.39. The molecule has 1 aliphatic carbocycles. The van der Waals surface area contributed by atoms with Crippen LogP contribution in [-0.4, -0.2) is 22.2 Å². The lowest BCUT2D eigenvalue weighted by Crippen LogP contribution is -1.81. The Labute approximate surface area is 198 Å². The molecule has 1 saturated carbocycles. The smallest absolute Gasteiger partial charge is 0.138 e. The van der Waals surface area contributed by atoms with Crippen LogP contribution in [0.2, 0.25) is 0 Å². The number of imidazole rings is 1. The molecule has 4 aromatic rings. The minimum Gasteiger partial charge on any atom is -0.400 e. The Morgan fingerprint density at radius 1 is 0.788 bits per heavy atom. The van der Waals surface area contributed by atoms with Crippen LogP contribution in [0.3, 0.4) is 0 Å². The average Bonchev–Trinajstić information content (AvgIpc) is 3.53. The lowest BCUT2D eigenvalue weighted by Gasteiger charge is -1.97. The van der Waals surface area contributed by atoms with Crippen molar-refractivity contribution in [3.63, 3.8) is 0 Å². The molecule has 1 fully saturated rings. The first-order chi connectivity index (χ1) is 16.1. The van der Waals surface area contributed by atoms with E-state index in [4.69, 9.17) is 5.11 Å². The number of H-pyrrole nitrogens is 1. The van der Waals surface area contributed by atoms with Gasteiger partial charge in [-0.15, -0.1) is 0 Å². The number of nitrogens with one attached hydrogen (secondary N) is 1. The highest BCUT2D eigenvalue weighted by Gasteiger charge is 2.12. The fourth-order valence-electron chi connectivity index (χ4n) is 2.92. The predicted octanol–water partition coefficient (Wildman–Crippen LogP) is 7.30. The Kier molecular flexibility index (Phi) is 10.4. The summed E-state index contributed by atoms with van der Waals surface area (Å²) in [6.45, 7) is 10.4. The highest BCUT2D eigenvalue weighted by atomic mass is 16.2. The van der Waals surface area contributed by atoms with Crippen LogP contribution in [0.1, 0.15) is 55.9 Å². The topological polar surface area (TPSA) is 48.9 Å². The number of fused-ring (bicyclic) bond motifs is 1. The molecule has 1 aromatic heterocycles. The van der Waals surface area contributed by atoms with Gasteiger partial charge in [0.15, 0.2) is 0 Å². The van der Waals surface area contributed by atoms with Crippen LogP contribution in [0.5, 0.6) is 0 Å². The first-order valence-electron chi connectivity index (χ1n) is 11.7. The maximum atomic E-state index is 7.00. The number of aryl methyl sites for hydroxylation is 2. The molecule has 172 valence electrons. The Morgan fingerprint density at radius 2 is 1.27 bits per heavy atom. The molecule has 2 N–H and O–H groups in total. The third kappa shape index (κ3) is 8.25. The van der Waals surface area contributed by atoms with Gasteiger partial charge in [-0.2, -0.15) is 0 Å². The van der Waals surface area contributed by atoms with E-state index in [0.29, 0.717) is 0 Å². The molecule has 3 aromatic carbocycles. The molecular weight excluding hydrogens is 404 g/mol. The number of rotatable bonds is 1. The molecule has 0 spiro atoms. The predicted molar refractivity (Wildman–Crippen MR) is 141 cm³/mol. The van der Waals surface area contributed by atoms with Gasteiger partial charge in [0.05, 0.1) is 11.0 Å². The molecule has 0 unspecified atom stereocenters. The number of aliphatic hydroxyl groups is 1. The molecule has 5 rings (SSSR count). The van der Waals surface area contributed by atoms with Crippen molar-refractivity contribution in [3.05, 3.63) is 89.0 Å². The van der Waals surface area contributed by atoms with Crippen molar-refractivity contribution in [1.82, 2.24) is 9.97 Å². The number of benzene rings is 3. The van der Waals surface area contributed by atoms with Gasteiger partial charge in [0.2, 0.25) is 0 Å². The summed E-state index contributed by atoms with van der Waals surface area (Å²) in [5, 5.41) is 7.00. The monoisotopic (exact) mass is 440 g/mol. The van der Waals surface area contributed by atoms with E-state index in [0.717, 1.165) is 46.6 Å². The molecular formula is C30H36N2O. The Bertz CT molecular complexity index is 1170. The number of aromatic amines is 1. The lowest BCUT2D eigenvalue weighted by atomic mass is 10.1. The quantitative estimate of drug-likeness (QED) is 0.305. The second-order valence-electron chi connectivity index (χ2n) is 7.98. The molecule has 0 bridgehead atoms. The van der Waals surface area contributed by atoms with Crippen molar-refractivity contribution < 1.29 is 5.11 Å². The van der Waals surface area contributed by atoms with E-state index >= 15 is 0 Å². The van der Waals surface area contributed by atoms with E-state index < -0.39 is 0 Å². The fourth-order valence-corrected chi connectivity index (χ4v) is 2.92. The number of hydrogen-bond donors (Lipinski definition) is 2. The molecule has 3 nitrogen and oxygen atoms in total. The van der Waals surface area contributed by atoms with Crippen LogP contribution in [0.15, 0.2) is 66.7 Å². The van der Waals surface area contributed by atoms with E-state index in [2.05, 4.69) is 79.0 Å². The van der Waals surface area contributed by atoms with Crippen molar-refractivity contribution in [2.75, 3.05) is 7.11 Å². The van der Waals surface area contributed by atoms with Gasteiger partial charge in [0.25, 0.3) is 0 Å². The van der Waals surface area contributed by atoms with E-state index in [1.165, 1.54) is 24.0 Å². The first kappa shape index (κ1) is 25.9. The molecule has 0 radical (unpaired) electrons. The van der Waals surface area contributed by atoms with Gasteiger partial charge < -0.3 is 10.1 Å². The van der Waals surface area contributed by atoms with Crippen LogP contribution < -0.4 is 0 Å². The molecule has 33 heavy (non-hydrogen) atoms. The van der Waals surface area contributed by atoms with Gasteiger partial charge in [0, 0.05) is 23.8 Å². The SMILES string of the molecule is CC.CC1CC1.CO.Cc1ccc(C#Cc2ccc(-c3nc4ccc(C)cc4[nH]3)cc2)cc1. The van der Waals surface area contributed by atoms with Crippen LogP contribution in [0.25, 0.3) is 22.4 Å². The van der Waals surface area contributed by atoms with Gasteiger partial charge in [-0.05, 0) is 61.7 Å². The highest BCUT2D eigenvalue weighted by Crippen LogP contribution is 2.26. The molecule has 0 atom stereocenters. The van der Waals surface area contributed by atoms with E-state index in [-0.39, 0.29) is 0 Å². The number of hydrogen-bond acceptors (Lipinski definition) is 2. The first-order valence-corrected chi connectivity index (χ1v) is 11.7. The molecule has 3 heteroatoms. The van der Waals surface area contributed by atoms with Crippen molar-refractivity contribution in [2.45, 2.75) is 47.5 Å². The summed E-state index contributed by atoms with van der Waals surface area (Å²) >= 11 is 0. The third-order valence-electron chi connectivity index (χ3n) is 5.06. The van der Waals surface area contributed by atoms with Gasteiger partial charge in [-0.3, -0.25) is 0 Å². The average molecular weight is 441 g/mol. The van der Waals surface area contributed by atoms with Crippen molar-refractivity contribution >= 4 is 11.0 Å². The minimum absolute atomic E-state index is 0.888. The van der Waals surface area contributed by atoms with E-state index in [9.17, 15) is 0 Å². The maximum Gasteiger partial charge on any atom is 0.138 e. The lowest BCUT2D eigenvalue weighted by molar-refractivity contribution is 0.399. The number of aliphatic hydroxyl groups excluding tert-OH is 1. The number of aromatic nitrogens is 2. The summed E-state index contributed by atoms with van der Waals surface area (Å²) in [5.41, 5.74) is 7.62. The van der Waals surface area contributed by atoms with E-state index in [1.807, 2.05) is 44.2 Å². The Hall–Kier alpha value is -3.35. The zero-order chi connectivity index (χ0) is 24.2. The van der Waals surface area contributed by atoms with Crippen LogP contribution in [0.4, 0.5) is 0 Å². The van der Waals surface area contributed by atoms with Gasteiger partial charge in [-0.1, -0.05) is 81.3 Å². The van der Waals surface area contributed by atoms with Crippen LogP contribution >= 0.6 is 0 Å². The standard InChI is InChI=1S/C23H18N2.C4H8.C2H6.CH4O/c1-16-3-6-18(7-4-16)8-9-19-10-12-20(13-11-19)23-24-21-14-5-17(2)15-22(21)25-23;1-4-2-3-4;2*1-2/h3-7,10-15H,1-2H3,(H,24,25);4H,2-3H2,1H3;1-2H3;2H,1H3. The zero-order valence-corrected chi connectivity index (χ0v) is 20.7. The minimum atomic E-state index is 0.888. The molecule has 0 aliphatic heterocycles. The normalized spacial score (nSPS) is 11.5. The van der Waals surface area contributed by atoms with Crippen molar-refractivity contribution in [1.29, 1.82) is 0 Å². The van der Waals surface area contributed by atoms with E-state index in [1.54, 1.807) is 0 Å². The zero-order valence-electron chi connectivity index (χ0n) is 20.7. The summed E-state index contributed by atoms with van der Waals surface area (Å²) in [6, 6.07) is 22.7. The Morgan fingerprint density at radius 3 is 1.79 bits per heavy atom. The fraction of sp³-hybridized carbons (Fsp3) is 0.300. The molecule has 1 aliphatic rings. The summed E-state index contributed by atoms with van der Waals surface area (Å²) in [7, 11) is 1.00. The maximum absolute atomic E-state index is 7.00. The molecule has 1 heterocycles. The van der Waals surface area contributed by atoms with Gasteiger partial charge in [0.1, 0.15) is 5.82 Å². The molecule has 0 amide bonds. The summed E-state index contributed by atoms with van der Waals surface area (Å²) in [4.78, 5) is 8.05. The largest absolute Gasteiger partial charge is 0.400 e. The Balaban J connectivity index is 0.000000420. The third-order valence-corrected chi connectivity index (χ3v) is 5.06. The van der Waals surface area contributed by atoms with Crippen LogP contribution in [0, 0.1) is 31.6 Å². The highest BCUT2D eigenvalue weighted by molar-refractivity contribution is 5.80. The second kappa shape index (κ2) is 13.3. The van der Waals surface area contributed by atoms with Crippen LogP contribution in [-0.2, 0) is 0 Å². The van der Waals surface area contributed by atoms with Gasteiger partial charge >= 0.3 is 0 Å². The van der Waals surface area contributed by atoms with Crippen molar-refractivity contribution in [2.24, 2.45) is 5.92 Å². The summed E-state index contributed by atoms with van der Waals surface area (Å²) < 4.78 is 0. The summed E-state index contributed by atoms with van der Waals surface area (Å²) in [6.07, 6.45) is 2.97. The second-order valence-corrected chi connectivity index (χ2v) is 7.98.